The maximum atomic E-state index is 12.7. The van der Waals surface area contributed by atoms with Crippen molar-refractivity contribution in [2.24, 2.45) is 5.41 Å². The molecule has 2 N–H and O–H groups in total. The van der Waals surface area contributed by atoms with Gasteiger partial charge < -0.3 is 10.1 Å². The molecule has 0 aromatic carbocycles. The molecular weight excluding hydrogens is 300 g/mol. The second kappa shape index (κ2) is 5.62. The minimum atomic E-state index is -1.11. The first-order valence-corrected chi connectivity index (χ1v) is 9.01. The molecule has 22 heavy (non-hydrogen) atoms. The summed E-state index contributed by atoms with van der Waals surface area (Å²) in [5.74, 6) is 0.632. The van der Waals surface area contributed by atoms with Crippen LogP contribution in [0.2, 0.25) is 0 Å². The van der Waals surface area contributed by atoms with Crippen LogP contribution >= 0.6 is 0 Å². The second-order valence-corrected chi connectivity index (χ2v) is 9.31. The van der Waals surface area contributed by atoms with Crippen molar-refractivity contribution in [1.82, 2.24) is 19.8 Å². The first kappa shape index (κ1) is 16.0. The topological polar surface area (TPSA) is 68.2 Å². The smallest absolute Gasteiger partial charge is 0.232 e. The van der Waals surface area contributed by atoms with Gasteiger partial charge in [-0.15, -0.1) is 5.10 Å². The SMILES string of the molecule is COc1cc2n(n1)CC1(CCNCC1)[C@@H]2N[S@](=O)C(C)(C)C. The lowest BCUT2D eigenvalue weighted by atomic mass is 9.74. The van der Waals surface area contributed by atoms with Crippen LogP contribution in [0.25, 0.3) is 0 Å². The predicted octanol–water partition coefficient (Wildman–Crippen LogP) is 1.37. The van der Waals surface area contributed by atoms with Crippen LogP contribution in [-0.2, 0) is 17.5 Å². The van der Waals surface area contributed by atoms with E-state index in [0.29, 0.717) is 5.88 Å². The molecule has 1 aromatic heterocycles. The maximum absolute atomic E-state index is 12.7. The fraction of sp³-hybridized carbons (Fsp3) is 0.800. The first-order chi connectivity index (χ1) is 10.4. The number of nitrogens with zero attached hydrogens (tertiary/aromatic N) is 2. The number of hydrogen-bond acceptors (Lipinski definition) is 4. The van der Waals surface area contributed by atoms with Gasteiger partial charge in [0.1, 0.15) is 0 Å². The van der Waals surface area contributed by atoms with E-state index in [-0.39, 0.29) is 16.2 Å². The third-order valence-electron chi connectivity index (χ3n) is 4.75. The molecule has 1 fully saturated rings. The van der Waals surface area contributed by atoms with Crippen LogP contribution in [0.1, 0.15) is 45.3 Å². The predicted molar refractivity (Wildman–Crippen MR) is 87.1 cm³/mol. The van der Waals surface area contributed by atoms with Crippen LogP contribution in [0.5, 0.6) is 5.88 Å². The Morgan fingerprint density at radius 3 is 2.73 bits per heavy atom. The fourth-order valence-corrected chi connectivity index (χ4v) is 4.35. The van der Waals surface area contributed by atoms with Gasteiger partial charge in [0.15, 0.2) is 0 Å². The second-order valence-electron chi connectivity index (χ2n) is 7.31. The molecule has 0 unspecified atom stereocenters. The number of ether oxygens (including phenoxy) is 1. The van der Waals surface area contributed by atoms with Gasteiger partial charge in [-0.05, 0) is 46.7 Å². The summed E-state index contributed by atoms with van der Waals surface area (Å²) in [6, 6.07) is 2.04. The van der Waals surface area contributed by atoms with E-state index in [4.69, 9.17) is 4.74 Å². The first-order valence-electron chi connectivity index (χ1n) is 7.86. The highest BCUT2D eigenvalue weighted by atomic mass is 32.2. The van der Waals surface area contributed by atoms with Crippen molar-refractivity contribution in [2.75, 3.05) is 20.2 Å². The van der Waals surface area contributed by atoms with Crippen molar-refractivity contribution in [3.63, 3.8) is 0 Å². The summed E-state index contributed by atoms with van der Waals surface area (Å²) >= 11 is 0. The molecular formula is C15H26N4O2S. The van der Waals surface area contributed by atoms with Crippen molar-refractivity contribution in [3.8, 4) is 5.88 Å². The number of piperidine rings is 1. The fourth-order valence-electron chi connectivity index (χ4n) is 3.41. The van der Waals surface area contributed by atoms with E-state index in [1.54, 1.807) is 7.11 Å². The van der Waals surface area contributed by atoms with Gasteiger partial charge in [-0.1, -0.05) is 0 Å². The van der Waals surface area contributed by atoms with E-state index in [1.165, 1.54) is 0 Å². The highest BCUT2D eigenvalue weighted by molar-refractivity contribution is 7.84. The van der Waals surface area contributed by atoms with Gasteiger partial charge in [0.2, 0.25) is 5.88 Å². The lowest BCUT2D eigenvalue weighted by Gasteiger charge is -2.39. The Balaban J connectivity index is 1.93. The zero-order chi connectivity index (χ0) is 16.0. The average Bonchev–Trinajstić information content (AvgIpc) is 2.96. The summed E-state index contributed by atoms with van der Waals surface area (Å²) in [6.45, 7) is 8.87. The molecule has 0 aliphatic carbocycles. The van der Waals surface area contributed by atoms with Gasteiger partial charge in [-0.3, -0.25) is 4.68 Å². The number of hydrogen-bond donors (Lipinski definition) is 2. The van der Waals surface area contributed by atoms with Crippen LogP contribution in [-0.4, -0.2) is 38.9 Å². The standard InChI is InChI=1S/C15H26N4O2S/c1-14(2,3)22(20)18-13-11-9-12(21-4)17-19(11)10-15(13)5-7-16-8-6-15/h9,13,16,18H,5-8,10H2,1-4H3/t13-,22-/m1/s1. The molecule has 3 rings (SSSR count). The van der Waals surface area contributed by atoms with Gasteiger partial charge in [0.05, 0.1) is 34.6 Å². The molecule has 0 saturated carbocycles. The summed E-state index contributed by atoms with van der Waals surface area (Å²) in [7, 11) is 0.526. The van der Waals surface area contributed by atoms with Crippen molar-refractivity contribution in [1.29, 1.82) is 0 Å². The van der Waals surface area contributed by atoms with E-state index < -0.39 is 11.0 Å². The molecule has 0 bridgehead atoms. The zero-order valence-electron chi connectivity index (χ0n) is 13.8. The molecule has 1 aromatic rings. The van der Waals surface area contributed by atoms with Gasteiger partial charge in [-0.25, -0.2) is 8.93 Å². The Bertz CT molecular complexity index is 573. The molecule has 1 spiro atoms. The van der Waals surface area contributed by atoms with Gasteiger partial charge in [0, 0.05) is 18.0 Å². The van der Waals surface area contributed by atoms with E-state index in [2.05, 4.69) is 15.1 Å². The minimum Gasteiger partial charge on any atom is -0.480 e. The normalized spacial score (nSPS) is 25.2. The van der Waals surface area contributed by atoms with Gasteiger partial charge in [-0.2, -0.15) is 0 Å². The highest BCUT2D eigenvalue weighted by Gasteiger charge is 2.49. The molecule has 6 nitrogen and oxygen atoms in total. The number of nitrogens with one attached hydrogen (secondary N) is 2. The summed E-state index contributed by atoms with van der Waals surface area (Å²) in [4.78, 5) is 0. The van der Waals surface area contributed by atoms with Crippen LogP contribution < -0.4 is 14.8 Å². The average molecular weight is 326 g/mol. The number of fused-ring (bicyclic) bond motifs is 1. The molecule has 7 heteroatoms. The molecule has 0 amide bonds. The number of rotatable bonds is 3. The summed E-state index contributed by atoms with van der Waals surface area (Å²) in [6.07, 6.45) is 2.13. The third-order valence-corrected chi connectivity index (χ3v) is 6.31. The van der Waals surface area contributed by atoms with Gasteiger partial charge in [0.25, 0.3) is 0 Å². The molecule has 1 saturated heterocycles. The Labute approximate surface area is 134 Å². The largest absolute Gasteiger partial charge is 0.480 e. The molecule has 2 aliphatic heterocycles. The van der Waals surface area contributed by atoms with E-state index in [0.717, 1.165) is 38.2 Å². The monoisotopic (exact) mass is 326 g/mol. The zero-order valence-corrected chi connectivity index (χ0v) is 14.6. The highest BCUT2D eigenvalue weighted by Crippen LogP contribution is 2.49. The lowest BCUT2D eigenvalue weighted by molar-refractivity contribution is 0.149. The molecule has 2 atom stereocenters. The summed E-state index contributed by atoms with van der Waals surface area (Å²) in [5.41, 5.74) is 1.19. The number of aromatic nitrogens is 2. The van der Waals surface area contributed by atoms with Crippen LogP contribution in [0.4, 0.5) is 0 Å². The van der Waals surface area contributed by atoms with Crippen molar-refractivity contribution < 1.29 is 8.95 Å². The van der Waals surface area contributed by atoms with Crippen LogP contribution in [0.3, 0.4) is 0 Å². The Hall–Kier alpha value is -0.920. The van der Waals surface area contributed by atoms with Crippen molar-refractivity contribution >= 4 is 11.0 Å². The molecule has 124 valence electrons. The number of methoxy groups -OCH3 is 1. The molecule has 3 heterocycles. The molecule has 0 radical (unpaired) electrons. The summed E-state index contributed by atoms with van der Waals surface area (Å²) in [5, 5.41) is 7.94. The van der Waals surface area contributed by atoms with Gasteiger partial charge >= 0.3 is 0 Å². The lowest BCUT2D eigenvalue weighted by Crippen LogP contribution is -2.46. The van der Waals surface area contributed by atoms with E-state index >= 15 is 0 Å². The third kappa shape index (κ3) is 2.70. The molecule has 2 aliphatic rings. The van der Waals surface area contributed by atoms with E-state index in [9.17, 15) is 4.21 Å². The quantitative estimate of drug-likeness (QED) is 0.880. The van der Waals surface area contributed by atoms with Crippen LogP contribution in [0.15, 0.2) is 6.07 Å². The van der Waals surface area contributed by atoms with Crippen LogP contribution in [0, 0.1) is 5.41 Å². The van der Waals surface area contributed by atoms with E-state index in [1.807, 2.05) is 31.5 Å². The van der Waals surface area contributed by atoms with Crippen molar-refractivity contribution in [2.45, 2.75) is 50.9 Å². The minimum absolute atomic E-state index is 0.0612. The van der Waals surface area contributed by atoms with Crippen molar-refractivity contribution in [3.05, 3.63) is 11.8 Å². The Morgan fingerprint density at radius 2 is 2.14 bits per heavy atom. The Kier molecular flexibility index (Phi) is 4.07. The maximum Gasteiger partial charge on any atom is 0.232 e. The summed E-state index contributed by atoms with van der Waals surface area (Å²) < 4.78 is 23.1. The Morgan fingerprint density at radius 1 is 1.45 bits per heavy atom.